The molecule has 0 saturated heterocycles. The molecule has 2 heterocycles. The molecule has 0 aliphatic carbocycles. The van der Waals surface area contributed by atoms with Gasteiger partial charge in [0.05, 0.1) is 11.9 Å². The molecule has 0 bridgehead atoms. The van der Waals surface area contributed by atoms with Crippen molar-refractivity contribution in [3.8, 4) is 0 Å². The monoisotopic (exact) mass is 292 g/mol. The number of rotatable bonds is 3. The molecular weight excluding hydrogens is 285 g/mol. The lowest BCUT2D eigenvalue weighted by atomic mass is 10.4. The van der Waals surface area contributed by atoms with Crippen LogP contribution in [0.3, 0.4) is 0 Å². The number of nitrogens with one attached hydrogen (secondary N) is 1. The fraction of sp³-hybridized carbons (Fsp3) is 0.200. The van der Waals surface area contributed by atoms with Crippen molar-refractivity contribution in [2.75, 3.05) is 5.43 Å². The first-order valence-corrected chi connectivity index (χ1v) is 5.47. The standard InChI is InChI=1S/C10H8ClF3N4O/c11-8-7(16-17-3-1-2-4-17)5-15-18(9(8)19)6-10(12,13)14/h1-5,16H,6H2. The van der Waals surface area contributed by atoms with Crippen molar-refractivity contribution in [2.45, 2.75) is 12.7 Å². The van der Waals surface area contributed by atoms with Gasteiger partial charge in [0, 0.05) is 12.4 Å². The van der Waals surface area contributed by atoms with Gasteiger partial charge >= 0.3 is 6.18 Å². The topological polar surface area (TPSA) is 51.9 Å². The van der Waals surface area contributed by atoms with E-state index in [9.17, 15) is 18.0 Å². The molecule has 0 aromatic carbocycles. The summed E-state index contributed by atoms with van der Waals surface area (Å²) in [6, 6.07) is 3.44. The minimum absolute atomic E-state index is 0.126. The molecule has 0 saturated carbocycles. The Morgan fingerprint density at radius 1 is 1.32 bits per heavy atom. The van der Waals surface area contributed by atoms with Crippen molar-refractivity contribution in [3.05, 3.63) is 46.1 Å². The maximum absolute atomic E-state index is 12.2. The first-order valence-electron chi connectivity index (χ1n) is 5.09. The third-order valence-corrected chi connectivity index (χ3v) is 2.53. The third kappa shape index (κ3) is 3.28. The molecule has 2 aromatic heterocycles. The summed E-state index contributed by atoms with van der Waals surface area (Å²) in [6.45, 7) is -1.48. The molecule has 0 amide bonds. The highest BCUT2D eigenvalue weighted by Crippen LogP contribution is 2.19. The second-order valence-corrected chi connectivity index (χ2v) is 4.03. The number of hydrogen-bond acceptors (Lipinski definition) is 3. The SMILES string of the molecule is O=c1c(Cl)c(Nn2cccc2)cnn1CC(F)(F)F. The Hall–Kier alpha value is -1.96. The molecule has 2 aromatic rings. The van der Waals surface area contributed by atoms with Crippen LogP contribution in [0.1, 0.15) is 0 Å². The fourth-order valence-corrected chi connectivity index (χ4v) is 1.56. The predicted octanol–water partition coefficient (Wildman–Crippen LogP) is 2.14. The van der Waals surface area contributed by atoms with E-state index in [1.807, 2.05) is 0 Å². The Morgan fingerprint density at radius 2 is 1.95 bits per heavy atom. The smallest absolute Gasteiger partial charge is 0.292 e. The van der Waals surface area contributed by atoms with Gasteiger partial charge in [-0.3, -0.25) is 14.9 Å². The summed E-state index contributed by atoms with van der Waals surface area (Å²) in [4.78, 5) is 11.6. The van der Waals surface area contributed by atoms with Gasteiger partial charge in [-0.1, -0.05) is 11.6 Å². The third-order valence-electron chi connectivity index (χ3n) is 2.17. The van der Waals surface area contributed by atoms with Gasteiger partial charge in [0.1, 0.15) is 11.6 Å². The number of aromatic nitrogens is 3. The van der Waals surface area contributed by atoms with Gasteiger partial charge in [-0.25, -0.2) is 4.68 Å². The lowest BCUT2D eigenvalue weighted by Crippen LogP contribution is -2.31. The first kappa shape index (κ1) is 13.5. The van der Waals surface area contributed by atoms with Crippen LogP contribution in [-0.2, 0) is 6.54 Å². The zero-order chi connectivity index (χ0) is 14.0. The largest absolute Gasteiger partial charge is 0.408 e. The molecule has 0 radical (unpaired) electrons. The number of nitrogens with zero attached hydrogens (tertiary/aromatic N) is 3. The van der Waals surface area contributed by atoms with Gasteiger partial charge in [0.25, 0.3) is 5.56 Å². The highest BCUT2D eigenvalue weighted by atomic mass is 35.5. The van der Waals surface area contributed by atoms with E-state index in [0.29, 0.717) is 0 Å². The van der Waals surface area contributed by atoms with Crippen LogP contribution in [0.4, 0.5) is 18.9 Å². The van der Waals surface area contributed by atoms with Gasteiger partial charge in [0.2, 0.25) is 0 Å². The van der Waals surface area contributed by atoms with E-state index in [-0.39, 0.29) is 15.4 Å². The Kier molecular flexibility index (Phi) is 3.52. The van der Waals surface area contributed by atoms with Crippen molar-refractivity contribution in [1.82, 2.24) is 14.5 Å². The second kappa shape index (κ2) is 4.96. The van der Waals surface area contributed by atoms with Crippen LogP contribution in [0.5, 0.6) is 0 Å². The Morgan fingerprint density at radius 3 is 2.53 bits per heavy atom. The number of halogens is 4. The molecule has 1 N–H and O–H groups in total. The summed E-state index contributed by atoms with van der Waals surface area (Å²) in [7, 11) is 0. The van der Waals surface area contributed by atoms with Crippen molar-refractivity contribution in [2.24, 2.45) is 0 Å². The molecule has 9 heteroatoms. The van der Waals surface area contributed by atoms with Crippen LogP contribution in [0, 0.1) is 0 Å². The van der Waals surface area contributed by atoms with Crippen molar-refractivity contribution in [3.63, 3.8) is 0 Å². The summed E-state index contributed by atoms with van der Waals surface area (Å²) < 4.78 is 38.3. The number of alkyl halides is 3. The summed E-state index contributed by atoms with van der Waals surface area (Å²) in [5.74, 6) is 0. The molecule has 0 fully saturated rings. The van der Waals surface area contributed by atoms with E-state index in [1.54, 1.807) is 24.5 Å². The first-order chi connectivity index (χ1) is 8.87. The summed E-state index contributed by atoms with van der Waals surface area (Å²) in [6.07, 6.45) is -0.194. The van der Waals surface area contributed by atoms with Gasteiger partial charge in [-0.05, 0) is 12.1 Å². The van der Waals surface area contributed by atoms with Gasteiger partial charge in [-0.2, -0.15) is 18.3 Å². The molecule has 0 unspecified atom stereocenters. The minimum Gasteiger partial charge on any atom is -0.292 e. The molecular formula is C10H8ClF3N4O. The second-order valence-electron chi connectivity index (χ2n) is 3.65. The van der Waals surface area contributed by atoms with Crippen LogP contribution >= 0.6 is 11.6 Å². The average Bonchev–Trinajstić information content (AvgIpc) is 2.80. The minimum atomic E-state index is -4.53. The van der Waals surface area contributed by atoms with Crippen LogP contribution < -0.4 is 11.0 Å². The number of hydrogen-bond donors (Lipinski definition) is 1. The molecule has 0 aliphatic heterocycles. The van der Waals surface area contributed by atoms with E-state index in [1.165, 1.54) is 4.68 Å². The zero-order valence-corrected chi connectivity index (χ0v) is 10.1. The molecule has 5 nitrogen and oxygen atoms in total. The van der Waals surface area contributed by atoms with Gasteiger partial charge < -0.3 is 0 Å². The summed E-state index contributed by atoms with van der Waals surface area (Å²) >= 11 is 5.73. The van der Waals surface area contributed by atoms with Gasteiger partial charge in [0.15, 0.2) is 0 Å². The molecule has 0 aliphatic rings. The van der Waals surface area contributed by atoms with Crippen LogP contribution in [0.15, 0.2) is 35.5 Å². The molecule has 2 rings (SSSR count). The Balaban J connectivity index is 2.30. The molecule has 0 spiro atoms. The van der Waals surface area contributed by atoms with Crippen molar-refractivity contribution >= 4 is 17.3 Å². The van der Waals surface area contributed by atoms with E-state index in [0.717, 1.165) is 6.20 Å². The normalized spacial score (nSPS) is 11.6. The lowest BCUT2D eigenvalue weighted by molar-refractivity contribution is -0.143. The van der Waals surface area contributed by atoms with Crippen molar-refractivity contribution in [1.29, 1.82) is 0 Å². The Bertz CT molecular complexity index is 621. The summed E-state index contributed by atoms with van der Waals surface area (Å²) in [5.41, 5.74) is 1.83. The van der Waals surface area contributed by atoms with E-state index in [2.05, 4.69) is 10.5 Å². The average molecular weight is 293 g/mol. The van der Waals surface area contributed by atoms with Crippen LogP contribution in [0.2, 0.25) is 5.02 Å². The fourth-order valence-electron chi connectivity index (χ4n) is 1.37. The highest BCUT2D eigenvalue weighted by molar-refractivity contribution is 6.32. The van der Waals surface area contributed by atoms with Crippen molar-refractivity contribution < 1.29 is 13.2 Å². The summed E-state index contributed by atoms with van der Waals surface area (Å²) in [5, 5.41) is 3.08. The lowest BCUT2D eigenvalue weighted by Gasteiger charge is -2.12. The van der Waals surface area contributed by atoms with Crippen LogP contribution in [0.25, 0.3) is 0 Å². The van der Waals surface area contributed by atoms with E-state index < -0.39 is 18.3 Å². The predicted molar refractivity (Wildman–Crippen MR) is 63.0 cm³/mol. The molecule has 0 atom stereocenters. The van der Waals surface area contributed by atoms with Crippen LogP contribution in [-0.4, -0.2) is 20.6 Å². The molecule has 102 valence electrons. The van der Waals surface area contributed by atoms with E-state index in [4.69, 9.17) is 11.6 Å². The highest BCUT2D eigenvalue weighted by Gasteiger charge is 2.29. The maximum atomic E-state index is 12.2. The number of anilines is 1. The van der Waals surface area contributed by atoms with E-state index >= 15 is 0 Å². The quantitative estimate of drug-likeness (QED) is 0.943. The van der Waals surface area contributed by atoms with Gasteiger partial charge in [-0.15, -0.1) is 0 Å². The molecule has 19 heavy (non-hydrogen) atoms. The maximum Gasteiger partial charge on any atom is 0.408 e. The Labute approximate surface area is 110 Å². The zero-order valence-electron chi connectivity index (χ0n) is 9.36.